The van der Waals surface area contributed by atoms with Crippen molar-refractivity contribution in [1.82, 2.24) is 4.57 Å². The summed E-state index contributed by atoms with van der Waals surface area (Å²) in [5.41, 5.74) is 2.42. The zero-order valence-electron chi connectivity index (χ0n) is 12.6. The van der Waals surface area contributed by atoms with Gasteiger partial charge in [0.2, 0.25) is 0 Å². The third kappa shape index (κ3) is 4.34. The lowest BCUT2D eigenvalue weighted by atomic mass is 10.2. The van der Waals surface area contributed by atoms with E-state index in [-0.39, 0.29) is 6.10 Å². The molecule has 0 aliphatic rings. The van der Waals surface area contributed by atoms with Crippen molar-refractivity contribution in [2.75, 3.05) is 5.32 Å². The number of aromatic nitrogens is 1. The number of rotatable bonds is 7. The van der Waals surface area contributed by atoms with Crippen LogP contribution in [0.1, 0.15) is 32.8 Å². The van der Waals surface area contributed by atoms with Gasteiger partial charge in [0.05, 0.1) is 6.10 Å². The molecule has 2 aromatic rings. The van der Waals surface area contributed by atoms with Crippen molar-refractivity contribution in [2.45, 2.75) is 46.4 Å². The van der Waals surface area contributed by atoms with E-state index < -0.39 is 0 Å². The Kier molecular flexibility index (Phi) is 5.10. The Labute approximate surface area is 121 Å². The number of nitrogens with zero attached hydrogens (tertiary/aromatic N) is 1. The van der Waals surface area contributed by atoms with Crippen molar-refractivity contribution in [2.24, 2.45) is 0 Å². The number of ether oxygens (including phenoxy) is 1. The van der Waals surface area contributed by atoms with E-state index in [0.29, 0.717) is 0 Å². The summed E-state index contributed by atoms with van der Waals surface area (Å²) < 4.78 is 7.86. The first-order valence-electron chi connectivity index (χ1n) is 7.32. The fourth-order valence-corrected chi connectivity index (χ4v) is 2.12. The molecule has 1 heterocycles. The molecule has 0 spiro atoms. The van der Waals surface area contributed by atoms with Gasteiger partial charge < -0.3 is 14.6 Å². The normalized spacial score (nSPS) is 10.8. The van der Waals surface area contributed by atoms with Gasteiger partial charge in [-0.2, -0.15) is 0 Å². The summed E-state index contributed by atoms with van der Waals surface area (Å²) in [5, 5.41) is 3.43. The van der Waals surface area contributed by atoms with Crippen molar-refractivity contribution >= 4 is 5.69 Å². The van der Waals surface area contributed by atoms with Gasteiger partial charge in [0.1, 0.15) is 5.75 Å². The van der Waals surface area contributed by atoms with Crippen LogP contribution < -0.4 is 10.1 Å². The van der Waals surface area contributed by atoms with Crippen LogP contribution in [-0.4, -0.2) is 10.7 Å². The molecular weight excluding hydrogens is 248 g/mol. The second-order valence-corrected chi connectivity index (χ2v) is 5.30. The summed E-state index contributed by atoms with van der Waals surface area (Å²) in [6.45, 7) is 8.20. The van der Waals surface area contributed by atoms with Crippen LogP contribution in [0.4, 0.5) is 5.69 Å². The molecule has 1 aromatic carbocycles. The highest BCUT2D eigenvalue weighted by molar-refractivity contribution is 5.46. The Hall–Kier alpha value is -1.90. The van der Waals surface area contributed by atoms with Gasteiger partial charge in [-0.05, 0) is 56.2 Å². The molecule has 3 nitrogen and oxygen atoms in total. The van der Waals surface area contributed by atoms with E-state index in [4.69, 9.17) is 4.74 Å². The summed E-state index contributed by atoms with van der Waals surface area (Å²) in [6, 6.07) is 10.3. The number of aryl methyl sites for hydroxylation is 1. The first kappa shape index (κ1) is 14.5. The second-order valence-electron chi connectivity index (χ2n) is 5.30. The highest BCUT2D eigenvalue weighted by Gasteiger charge is 1.99. The molecule has 0 bridgehead atoms. The minimum Gasteiger partial charge on any atom is -0.491 e. The number of nitrogens with one attached hydrogen (secondary N) is 1. The average Bonchev–Trinajstić information content (AvgIpc) is 2.86. The molecule has 1 aromatic heterocycles. The van der Waals surface area contributed by atoms with E-state index in [9.17, 15) is 0 Å². The minimum absolute atomic E-state index is 0.215. The van der Waals surface area contributed by atoms with Crippen LogP contribution in [0.25, 0.3) is 0 Å². The fraction of sp³-hybridized carbons (Fsp3) is 0.412. The van der Waals surface area contributed by atoms with E-state index in [1.165, 1.54) is 12.0 Å². The molecule has 0 fully saturated rings. The van der Waals surface area contributed by atoms with Gasteiger partial charge in [0.25, 0.3) is 0 Å². The minimum atomic E-state index is 0.215. The number of benzene rings is 1. The molecule has 0 aliphatic carbocycles. The SMILES string of the molecule is CCCn1ccc(CNc2ccc(OC(C)C)cc2)c1. The highest BCUT2D eigenvalue weighted by Crippen LogP contribution is 2.17. The van der Waals surface area contributed by atoms with Crippen LogP contribution >= 0.6 is 0 Å². The lowest BCUT2D eigenvalue weighted by Gasteiger charge is -2.10. The number of anilines is 1. The van der Waals surface area contributed by atoms with Gasteiger partial charge in [-0.1, -0.05) is 6.92 Å². The Morgan fingerprint density at radius 1 is 1.15 bits per heavy atom. The van der Waals surface area contributed by atoms with E-state index in [1.807, 2.05) is 26.0 Å². The van der Waals surface area contributed by atoms with Crippen molar-refractivity contribution in [3.8, 4) is 5.75 Å². The quantitative estimate of drug-likeness (QED) is 0.813. The van der Waals surface area contributed by atoms with Crippen LogP contribution in [0.15, 0.2) is 42.7 Å². The van der Waals surface area contributed by atoms with E-state index in [1.54, 1.807) is 0 Å². The zero-order valence-corrected chi connectivity index (χ0v) is 12.6. The number of hydrogen-bond donors (Lipinski definition) is 1. The first-order chi connectivity index (χ1) is 9.67. The maximum atomic E-state index is 5.63. The standard InChI is InChI=1S/C17H24N2O/c1-4-10-19-11-9-15(13-19)12-18-16-5-7-17(8-6-16)20-14(2)3/h5-9,11,13-14,18H,4,10,12H2,1-3H3. The summed E-state index contributed by atoms with van der Waals surface area (Å²) in [4.78, 5) is 0. The first-order valence-corrected chi connectivity index (χ1v) is 7.32. The van der Waals surface area contributed by atoms with Gasteiger partial charge in [0, 0.05) is 31.2 Å². The van der Waals surface area contributed by atoms with Crippen molar-refractivity contribution in [3.63, 3.8) is 0 Å². The molecule has 3 heteroatoms. The molecular formula is C17H24N2O. The Morgan fingerprint density at radius 2 is 1.90 bits per heavy atom. The molecule has 0 unspecified atom stereocenters. The molecule has 0 saturated carbocycles. The van der Waals surface area contributed by atoms with Crippen LogP contribution in [0.5, 0.6) is 5.75 Å². The predicted octanol–water partition coefficient (Wildman–Crippen LogP) is 4.30. The van der Waals surface area contributed by atoms with Crippen LogP contribution in [0.2, 0.25) is 0 Å². The van der Waals surface area contributed by atoms with Crippen molar-refractivity contribution < 1.29 is 4.74 Å². The maximum Gasteiger partial charge on any atom is 0.119 e. The molecule has 1 N–H and O–H groups in total. The smallest absolute Gasteiger partial charge is 0.119 e. The topological polar surface area (TPSA) is 26.2 Å². The Bertz CT molecular complexity index is 514. The predicted molar refractivity (Wildman–Crippen MR) is 84.3 cm³/mol. The summed E-state index contributed by atoms with van der Waals surface area (Å²) in [5.74, 6) is 0.916. The summed E-state index contributed by atoms with van der Waals surface area (Å²) >= 11 is 0. The van der Waals surface area contributed by atoms with E-state index in [0.717, 1.165) is 24.5 Å². The van der Waals surface area contributed by atoms with Crippen LogP contribution in [0.3, 0.4) is 0 Å². The number of hydrogen-bond acceptors (Lipinski definition) is 2. The molecule has 0 atom stereocenters. The van der Waals surface area contributed by atoms with Gasteiger partial charge in [-0.3, -0.25) is 0 Å². The molecule has 2 rings (SSSR count). The molecule has 0 aliphatic heterocycles. The van der Waals surface area contributed by atoms with E-state index >= 15 is 0 Å². The lowest BCUT2D eigenvalue weighted by molar-refractivity contribution is 0.242. The third-order valence-electron chi connectivity index (χ3n) is 3.02. The maximum absolute atomic E-state index is 5.63. The summed E-state index contributed by atoms with van der Waals surface area (Å²) in [7, 11) is 0. The summed E-state index contributed by atoms with van der Waals surface area (Å²) in [6.07, 6.45) is 5.72. The average molecular weight is 272 g/mol. The molecule has 0 radical (unpaired) electrons. The molecule has 0 amide bonds. The molecule has 108 valence electrons. The molecule has 20 heavy (non-hydrogen) atoms. The largest absolute Gasteiger partial charge is 0.491 e. The van der Waals surface area contributed by atoms with Crippen LogP contribution in [-0.2, 0) is 13.1 Å². The molecule has 0 saturated heterocycles. The third-order valence-corrected chi connectivity index (χ3v) is 3.02. The van der Waals surface area contributed by atoms with Gasteiger partial charge in [-0.15, -0.1) is 0 Å². The Morgan fingerprint density at radius 3 is 2.55 bits per heavy atom. The van der Waals surface area contributed by atoms with Gasteiger partial charge >= 0.3 is 0 Å². The van der Waals surface area contributed by atoms with Crippen molar-refractivity contribution in [1.29, 1.82) is 0 Å². The monoisotopic (exact) mass is 272 g/mol. The zero-order chi connectivity index (χ0) is 14.4. The van der Waals surface area contributed by atoms with E-state index in [2.05, 4.69) is 47.4 Å². The lowest BCUT2D eigenvalue weighted by Crippen LogP contribution is -2.05. The fourth-order valence-electron chi connectivity index (χ4n) is 2.12. The van der Waals surface area contributed by atoms with Gasteiger partial charge in [0.15, 0.2) is 0 Å². The second kappa shape index (κ2) is 7.04. The Balaban J connectivity index is 1.86. The van der Waals surface area contributed by atoms with Crippen molar-refractivity contribution in [3.05, 3.63) is 48.3 Å². The van der Waals surface area contributed by atoms with Gasteiger partial charge in [-0.25, -0.2) is 0 Å². The highest BCUT2D eigenvalue weighted by atomic mass is 16.5. The van der Waals surface area contributed by atoms with Crippen LogP contribution in [0, 0.1) is 0 Å².